The number of nitrogens with two attached hydrogens (primary N) is 1. The number of hydrogen-bond acceptors (Lipinski definition) is 3. The van der Waals surface area contributed by atoms with Crippen molar-refractivity contribution >= 4 is 5.95 Å². The van der Waals surface area contributed by atoms with Crippen LogP contribution in [0, 0.1) is 0 Å². The standard InChI is InChI=1S/C8H10N3O/c9-8-10-6-4-2-1-3-5(6)7(12)11-8/h1-4H2,(H2,9,10,11). The third kappa shape index (κ3) is 1.09. The fourth-order valence-corrected chi connectivity index (χ4v) is 1.58. The molecular weight excluding hydrogens is 154 g/mol. The van der Waals surface area contributed by atoms with Crippen molar-refractivity contribution in [1.29, 1.82) is 0 Å². The molecule has 0 bridgehead atoms. The van der Waals surface area contributed by atoms with E-state index >= 15 is 0 Å². The van der Waals surface area contributed by atoms with Crippen LogP contribution in [0.4, 0.5) is 5.95 Å². The highest BCUT2D eigenvalue weighted by Gasteiger charge is 2.17. The summed E-state index contributed by atoms with van der Waals surface area (Å²) in [5.74, 6) is -0.0714. The van der Waals surface area contributed by atoms with Crippen molar-refractivity contribution < 1.29 is 5.11 Å². The molecule has 0 atom stereocenters. The summed E-state index contributed by atoms with van der Waals surface area (Å²) in [6.07, 6.45) is 3.85. The maximum absolute atomic E-state index is 11.3. The predicted molar refractivity (Wildman–Crippen MR) is 43.2 cm³/mol. The normalized spacial score (nSPS) is 15.7. The minimum Gasteiger partial charge on any atom is -0.368 e. The molecule has 1 aliphatic carbocycles. The predicted octanol–water partition coefficient (Wildman–Crippen LogP) is 1.08. The quantitative estimate of drug-likeness (QED) is 0.623. The number of hydrogen-bond donors (Lipinski definition) is 1. The summed E-state index contributed by atoms with van der Waals surface area (Å²) in [5, 5.41) is 11.3. The second-order valence-corrected chi connectivity index (χ2v) is 3.02. The SMILES string of the molecule is Nc1nc([O])c2c(n1)CCCC2. The highest BCUT2D eigenvalue weighted by molar-refractivity contribution is 5.36. The van der Waals surface area contributed by atoms with E-state index in [4.69, 9.17) is 5.73 Å². The van der Waals surface area contributed by atoms with Gasteiger partial charge in [0.25, 0.3) is 5.88 Å². The number of rotatable bonds is 0. The van der Waals surface area contributed by atoms with Gasteiger partial charge in [-0.15, -0.1) is 0 Å². The number of anilines is 1. The van der Waals surface area contributed by atoms with Gasteiger partial charge in [-0.2, -0.15) is 4.98 Å². The van der Waals surface area contributed by atoms with Gasteiger partial charge in [0.2, 0.25) is 5.95 Å². The Balaban J connectivity index is 2.53. The number of aromatic nitrogens is 2. The lowest BCUT2D eigenvalue weighted by Gasteiger charge is -2.13. The molecule has 1 aliphatic rings. The van der Waals surface area contributed by atoms with Gasteiger partial charge in [0.05, 0.1) is 5.69 Å². The highest BCUT2D eigenvalue weighted by Crippen LogP contribution is 2.26. The van der Waals surface area contributed by atoms with E-state index in [0.29, 0.717) is 0 Å². The maximum Gasteiger partial charge on any atom is 0.278 e. The van der Waals surface area contributed by atoms with Crippen LogP contribution in [-0.2, 0) is 17.9 Å². The van der Waals surface area contributed by atoms with Gasteiger partial charge < -0.3 is 5.73 Å². The molecule has 2 N–H and O–H groups in total. The molecule has 4 heteroatoms. The zero-order valence-corrected chi connectivity index (χ0v) is 6.71. The van der Waals surface area contributed by atoms with Crippen LogP contribution in [0.5, 0.6) is 5.88 Å². The summed E-state index contributed by atoms with van der Waals surface area (Å²) in [7, 11) is 0. The van der Waals surface area contributed by atoms with Crippen LogP contribution in [0.25, 0.3) is 0 Å². The number of aryl methyl sites for hydroxylation is 1. The van der Waals surface area contributed by atoms with E-state index in [0.717, 1.165) is 36.9 Å². The van der Waals surface area contributed by atoms with E-state index in [2.05, 4.69) is 9.97 Å². The third-order valence-electron chi connectivity index (χ3n) is 2.16. The average Bonchev–Trinajstić information content (AvgIpc) is 2.04. The fourth-order valence-electron chi connectivity index (χ4n) is 1.58. The lowest BCUT2D eigenvalue weighted by molar-refractivity contribution is 0.329. The minimum absolute atomic E-state index is 0.112. The molecule has 0 saturated heterocycles. The van der Waals surface area contributed by atoms with E-state index in [1.165, 1.54) is 0 Å². The zero-order chi connectivity index (χ0) is 8.55. The van der Waals surface area contributed by atoms with Gasteiger partial charge in [-0.25, -0.2) is 4.98 Å². The maximum atomic E-state index is 11.3. The Morgan fingerprint density at radius 3 is 2.75 bits per heavy atom. The Hall–Kier alpha value is -1.32. The molecule has 2 rings (SSSR count). The molecule has 1 aromatic rings. The Labute approximate surface area is 70.5 Å². The number of fused-ring (bicyclic) bond motifs is 1. The van der Waals surface area contributed by atoms with Crippen LogP contribution in [0.3, 0.4) is 0 Å². The summed E-state index contributed by atoms with van der Waals surface area (Å²) >= 11 is 0. The van der Waals surface area contributed by atoms with Gasteiger partial charge in [0.1, 0.15) is 0 Å². The van der Waals surface area contributed by atoms with Gasteiger partial charge in [0.15, 0.2) is 0 Å². The molecule has 4 nitrogen and oxygen atoms in total. The summed E-state index contributed by atoms with van der Waals surface area (Å²) in [6, 6.07) is 0. The van der Waals surface area contributed by atoms with Gasteiger partial charge in [-0.1, -0.05) is 0 Å². The first kappa shape index (κ1) is 7.34. The molecule has 1 aromatic heterocycles. The van der Waals surface area contributed by atoms with E-state index < -0.39 is 0 Å². The molecule has 0 fully saturated rings. The number of nitrogens with zero attached hydrogens (tertiary/aromatic N) is 2. The van der Waals surface area contributed by atoms with Crippen LogP contribution >= 0.6 is 0 Å². The van der Waals surface area contributed by atoms with Gasteiger partial charge >= 0.3 is 0 Å². The topological polar surface area (TPSA) is 71.7 Å². The lowest BCUT2D eigenvalue weighted by Crippen LogP contribution is -2.08. The Morgan fingerprint density at radius 1 is 1.17 bits per heavy atom. The Kier molecular flexibility index (Phi) is 1.60. The molecule has 0 saturated carbocycles. The van der Waals surface area contributed by atoms with E-state index in [1.54, 1.807) is 0 Å². The minimum atomic E-state index is -0.183. The Bertz CT molecular complexity index is 311. The second kappa shape index (κ2) is 2.62. The number of nitrogen functional groups attached to an aromatic ring is 1. The summed E-state index contributed by atoms with van der Waals surface area (Å²) in [6.45, 7) is 0. The zero-order valence-electron chi connectivity index (χ0n) is 6.71. The van der Waals surface area contributed by atoms with Crippen LogP contribution in [0.15, 0.2) is 0 Å². The molecular formula is C8H10N3O. The highest BCUT2D eigenvalue weighted by atomic mass is 16.3. The van der Waals surface area contributed by atoms with Crippen LogP contribution in [0.2, 0.25) is 0 Å². The van der Waals surface area contributed by atoms with E-state index in [1.807, 2.05) is 0 Å². The van der Waals surface area contributed by atoms with Crippen LogP contribution in [0.1, 0.15) is 24.1 Å². The first-order valence-corrected chi connectivity index (χ1v) is 4.09. The van der Waals surface area contributed by atoms with Crippen molar-refractivity contribution in [2.75, 3.05) is 5.73 Å². The fraction of sp³-hybridized carbons (Fsp3) is 0.500. The van der Waals surface area contributed by atoms with Crippen molar-refractivity contribution in [1.82, 2.24) is 9.97 Å². The molecule has 1 radical (unpaired) electrons. The van der Waals surface area contributed by atoms with Crippen molar-refractivity contribution in [2.24, 2.45) is 0 Å². The second-order valence-electron chi connectivity index (χ2n) is 3.02. The van der Waals surface area contributed by atoms with Gasteiger partial charge in [-0.3, -0.25) is 5.11 Å². The van der Waals surface area contributed by atoms with Crippen LogP contribution < -0.4 is 5.73 Å². The molecule has 12 heavy (non-hydrogen) atoms. The molecule has 0 spiro atoms. The smallest absolute Gasteiger partial charge is 0.278 e. The molecule has 0 aromatic carbocycles. The molecule has 0 aliphatic heterocycles. The van der Waals surface area contributed by atoms with Gasteiger partial charge in [0, 0.05) is 5.56 Å². The van der Waals surface area contributed by atoms with Crippen molar-refractivity contribution in [3.8, 4) is 5.88 Å². The first-order valence-electron chi connectivity index (χ1n) is 4.09. The average molecular weight is 164 g/mol. The molecule has 0 amide bonds. The van der Waals surface area contributed by atoms with Crippen molar-refractivity contribution in [2.45, 2.75) is 25.7 Å². The molecule has 1 heterocycles. The molecule has 0 unspecified atom stereocenters. The largest absolute Gasteiger partial charge is 0.368 e. The monoisotopic (exact) mass is 164 g/mol. The summed E-state index contributed by atoms with van der Waals surface area (Å²) in [4.78, 5) is 7.64. The first-order chi connectivity index (χ1) is 5.77. The third-order valence-corrected chi connectivity index (χ3v) is 2.16. The van der Waals surface area contributed by atoms with Crippen molar-refractivity contribution in [3.63, 3.8) is 0 Å². The summed E-state index contributed by atoms with van der Waals surface area (Å²) in [5.41, 5.74) is 6.99. The lowest BCUT2D eigenvalue weighted by atomic mass is 9.97. The van der Waals surface area contributed by atoms with E-state index in [9.17, 15) is 5.11 Å². The molecule has 63 valence electrons. The van der Waals surface area contributed by atoms with Gasteiger partial charge in [-0.05, 0) is 25.7 Å². The summed E-state index contributed by atoms with van der Waals surface area (Å²) < 4.78 is 0. The Morgan fingerprint density at radius 2 is 1.92 bits per heavy atom. The van der Waals surface area contributed by atoms with Crippen molar-refractivity contribution in [3.05, 3.63) is 11.3 Å². The van der Waals surface area contributed by atoms with E-state index in [-0.39, 0.29) is 11.8 Å². The van der Waals surface area contributed by atoms with Crippen LogP contribution in [-0.4, -0.2) is 9.97 Å².